The Morgan fingerprint density at radius 2 is 1.92 bits per heavy atom. The zero-order valence-electron chi connectivity index (χ0n) is 14.3. The molecule has 4 nitrogen and oxygen atoms in total. The average Bonchev–Trinajstić information content (AvgIpc) is 2.88. The molecule has 0 radical (unpaired) electrons. The van der Waals surface area contributed by atoms with Crippen LogP contribution < -0.4 is 10.2 Å². The normalized spacial score (nSPS) is 13.5. The van der Waals surface area contributed by atoms with E-state index in [2.05, 4.69) is 59.4 Å². The minimum absolute atomic E-state index is 0. The van der Waals surface area contributed by atoms with Gasteiger partial charge in [-0.25, -0.2) is 4.98 Å². The van der Waals surface area contributed by atoms with Crippen molar-refractivity contribution in [2.45, 2.75) is 26.8 Å². The first-order valence-electron chi connectivity index (χ1n) is 8.17. The average molecular weight is 343 g/mol. The van der Waals surface area contributed by atoms with Crippen LogP contribution >= 0.6 is 12.4 Å². The fourth-order valence-electron chi connectivity index (χ4n) is 3.47. The maximum atomic E-state index is 4.85. The number of pyridine rings is 1. The van der Waals surface area contributed by atoms with Gasteiger partial charge in [0.05, 0.1) is 5.52 Å². The van der Waals surface area contributed by atoms with Gasteiger partial charge in [0.15, 0.2) is 5.82 Å². The van der Waals surface area contributed by atoms with E-state index in [0.29, 0.717) is 0 Å². The minimum Gasteiger partial charge on any atom is -0.373 e. The molecule has 4 rings (SSSR count). The Bertz CT molecular complexity index is 884. The van der Waals surface area contributed by atoms with E-state index in [-0.39, 0.29) is 12.4 Å². The number of fused-ring (bicyclic) bond motifs is 2. The number of aryl methyl sites for hydroxylation is 2. The molecule has 0 bridgehead atoms. The third kappa shape index (κ3) is 2.61. The molecule has 0 saturated carbocycles. The summed E-state index contributed by atoms with van der Waals surface area (Å²) in [5.74, 6) is 1.98. The highest BCUT2D eigenvalue weighted by Crippen LogP contribution is 2.33. The second-order valence-electron chi connectivity index (χ2n) is 6.32. The number of H-pyrrole nitrogens is 1. The molecule has 0 aliphatic carbocycles. The molecule has 0 amide bonds. The van der Waals surface area contributed by atoms with Crippen molar-refractivity contribution < 1.29 is 0 Å². The highest BCUT2D eigenvalue weighted by Gasteiger charge is 2.21. The maximum absolute atomic E-state index is 4.85. The summed E-state index contributed by atoms with van der Waals surface area (Å²) in [7, 11) is 1.93. The highest BCUT2D eigenvalue weighted by molar-refractivity contribution is 5.94. The van der Waals surface area contributed by atoms with Crippen LogP contribution in [0.15, 0.2) is 30.3 Å². The lowest BCUT2D eigenvalue weighted by Gasteiger charge is -2.30. The molecule has 5 heteroatoms. The van der Waals surface area contributed by atoms with Gasteiger partial charge >= 0.3 is 0 Å². The number of aromatic amines is 1. The molecule has 1 aliphatic heterocycles. The van der Waals surface area contributed by atoms with Gasteiger partial charge in [-0.2, -0.15) is 0 Å². The number of nitrogens with zero attached hydrogens (tertiary/aromatic N) is 2. The van der Waals surface area contributed by atoms with Crippen LogP contribution in [0.5, 0.6) is 0 Å². The van der Waals surface area contributed by atoms with Gasteiger partial charge in [-0.15, -0.1) is 12.4 Å². The van der Waals surface area contributed by atoms with E-state index in [9.17, 15) is 0 Å². The lowest BCUT2D eigenvalue weighted by molar-refractivity contribution is 0.724. The van der Waals surface area contributed by atoms with E-state index >= 15 is 0 Å². The Kier molecular flexibility index (Phi) is 4.41. The fraction of sp³-hybridized carbons (Fsp3) is 0.316. The van der Waals surface area contributed by atoms with E-state index in [4.69, 9.17) is 4.98 Å². The molecular formula is C19H23ClN4. The summed E-state index contributed by atoms with van der Waals surface area (Å²) in [6.45, 7) is 6.22. The first-order valence-corrected chi connectivity index (χ1v) is 8.17. The van der Waals surface area contributed by atoms with Gasteiger partial charge < -0.3 is 15.2 Å². The molecular weight excluding hydrogens is 320 g/mol. The van der Waals surface area contributed by atoms with Crippen LogP contribution in [0.25, 0.3) is 10.9 Å². The Morgan fingerprint density at radius 3 is 2.67 bits per heavy atom. The third-order valence-electron chi connectivity index (χ3n) is 4.97. The Morgan fingerprint density at radius 1 is 1.17 bits per heavy atom. The number of halogens is 1. The topological polar surface area (TPSA) is 44.0 Å². The first kappa shape index (κ1) is 16.7. The van der Waals surface area contributed by atoms with Crippen molar-refractivity contribution in [2.75, 3.05) is 23.8 Å². The summed E-state index contributed by atoms with van der Waals surface area (Å²) < 4.78 is 0. The minimum atomic E-state index is 0. The monoisotopic (exact) mass is 342 g/mol. The molecule has 3 aromatic rings. The standard InChI is InChI=1S/C19H22N4.ClH/c1-12-13(2)21-18-16(12)10-17(20-3)22-19(18)23-9-8-14-6-4-5-7-15(14)11-23;/h4-7,10,21H,8-9,11H2,1-3H3,(H,20,22);1H. The van der Waals surface area contributed by atoms with Gasteiger partial charge in [0.25, 0.3) is 0 Å². The smallest absolute Gasteiger partial charge is 0.155 e. The number of nitrogens with one attached hydrogen (secondary N) is 2. The number of benzene rings is 1. The van der Waals surface area contributed by atoms with Crippen LogP contribution in [0, 0.1) is 13.8 Å². The van der Waals surface area contributed by atoms with Gasteiger partial charge in [0.2, 0.25) is 0 Å². The van der Waals surface area contributed by atoms with E-state index in [1.165, 1.54) is 27.8 Å². The highest BCUT2D eigenvalue weighted by atomic mass is 35.5. The molecule has 1 aromatic carbocycles. The number of hydrogen-bond donors (Lipinski definition) is 2. The predicted molar refractivity (Wildman–Crippen MR) is 104 cm³/mol. The number of anilines is 2. The number of hydrogen-bond acceptors (Lipinski definition) is 3. The molecule has 24 heavy (non-hydrogen) atoms. The molecule has 2 N–H and O–H groups in total. The molecule has 2 aromatic heterocycles. The van der Waals surface area contributed by atoms with Crippen LogP contribution in [0.2, 0.25) is 0 Å². The lowest BCUT2D eigenvalue weighted by atomic mass is 10.00. The van der Waals surface area contributed by atoms with E-state index in [0.717, 1.165) is 36.7 Å². The second kappa shape index (κ2) is 6.36. The van der Waals surface area contributed by atoms with Crippen LogP contribution in [0.1, 0.15) is 22.4 Å². The summed E-state index contributed by atoms with van der Waals surface area (Å²) in [6, 6.07) is 10.9. The largest absolute Gasteiger partial charge is 0.373 e. The summed E-state index contributed by atoms with van der Waals surface area (Å²) in [5, 5.41) is 4.46. The summed E-state index contributed by atoms with van der Waals surface area (Å²) in [5.41, 5.74) is 6.54. The molecule has 3 heterocycles. The van der Waals surface area contributed by atoms with Crippen LogP contribution in [-0.4, -0.2) is 23.6 Å². The molecule has 0 spiro atoms. The van der Waals surface area contributed by atoms with Crippen LogP contribution in [0.3, 0.4) is 0 Å². The van der Waals surface area contributed by atoms with Crippen LogP contribution in [-0.2, 0) is 13.0 Å². The van der Waals surface area contributed by atoms with Gasteiger partial charge in [-0.3, -0.25) is 0 Å². The van der Waals surface area contributed by atoms with Crippen molar-refractivity contribution >= 4 is 34.9 Å². The van der Waals surface area contributed by atoms with Crippen molar-refractivity contribution in [3.63, 3.8) is 0 Å². The van der Waals surface area contributed by atoms with Crippen molar-refractivity contribution in [2.24, 2.45) is 0 Å². The molecule has 126 valence electrons. The zero-order chi connectivity index (χ0) is 16.0. The van der Waals surface area contributed by atoms with Gasteiger partial charge in [-0.05, 0) is 43.0 Å². The van der Waals surface area contributed by atoms with Gasteiger partial charge in [0.1, 0.15) is 5.82 Å². The third-order valence-corrected chi connectivity index (χ3v) is 4.97. The Hall–Kier alpha value is -2.20. The molecule has 0 fully saturated rings. The maximum Gasteiger partial charge on any atom is 0.155 e. The molecule has 0 saturated heterocycles. The Balaban J connectivity index is 0.00000169. The number of aromatic nitrogens is 2. The summed E-state index contributed by atoms with van der Waals surface area (Å²) >= 11 is 0. The predicted octanol–water partition coefficient (Wildman–Crippen LogP) is 4.21. The van der Waals surface area contributed by atoms with Crippen molar-refractivity contribution in [1.29, 1.82) is 0 Å². The second-order valence-corrected chi connectivity index (χ2v) is 6.32. The van der Waals surface area contributed by atoms with E-state index < -0.39 is 0 Å². The van der Waals surface area contributed by atoms with E-state index in [1.807, 2.05) is 7.05 Å². The van der Waals surface area contributed by atoms with Crippen molar-refractivity contribution in [1.82, 2.24) is 9.97 Å². The molecule has 0 unspecified atom stereocenters. The zero-order valence-corrected chi connectivity index (χ0v) is 15.1. The molecule has 1 aliphatic rings. The quantitative estimate of drug-likeness (QED) is 0.733. The van der Waals surface area contributed by atoms with Gasteiger partial charge in [0, 0.05) is 31.2 Å². The SMILES string of the molecule is CNc1cc2c(C)c(C)[nH]c2c(N2CCc3ccccc3C2)n1.Cl. The van der Waals surface area contributed by atoms with Gasteiger partial charge in [-0.1, -0.05) is 24.3 Å². The van der Waals surface area contributed by atoms with Crippen LogP contribution in [0.4, 0.5) is 11.6 Å². The Labute approximate surface area is 148 Å². The molecule has 0 atom stereocenters. The lowest BCUT2D eigenvalue weighted by Crippen LogP contribution is -2.31. The van der Waals surface area contributed by atoms with E-state index in [1.54, 1.807) is 0 Å². The first-order chi connectivity index (χ1) is 11.2. The fourth-order valence-corrected chi connectivity index (χ4v) is 3.47. The summed E-state index contributed by atoms with van der Waals surface area (Å²) in [4.78, 5) is 10.8. The number of rotatable bonds is 2. The summed E-state index contributed by atoms with van der Waals surface area (Å²) in [6.07, 6.45) is 1.07. The van der Waals surface area contributed by atoms with Crippen molar-refractivity contribution in [3.05, 3.63) is 52.7 Å². The van der Waals surface area contributed by atoms with Crippen molar-refractivity contribution in [3.8, 4) is 0 Å².